The smallest absolute Gasteiger partial charge is 0.148 e. The van der Waals surface area contributed by atoms with Gasteiger partial charge in [-0.05, 0) is 17.5 Å². The van der Waals surface area contributed by atoms with Gasteiger partial charge < -0.3 is 4.74 Å². The van der Waals surface area contributed by atoms with Gasteiger partial charge in [0.1, 0.15) is 18.2 Å². The average molecular weight is 287 g/mol. The van der Waals surface area contributed by atoms with E-state index in [0.29, 0.717) is 5.56 Å². The van der Waals surface area contributed by atoms with Crippen LogP contribution in [0.1, 0.15) is 5.56 Å². The van der Waals surface area contributed by atoms with Crippen molar-refractivity contribution in [2.75, 3.05) is 0 Å². The predicted molar refractivity (Wildman–Crippen MR) is 79.7 cm³/mol. The molecular formula is C17H12ClFO. The maximum absolute atomic E-state index is 13.8. The molecule has 0 saturated carbocycles. The van der Waals surface area contributed by atoms with Gasteiger partial charge in [0.15, 0.2) is 0 Å². The molecule has 0 amide bonds. The molecule has 3 heteroatoms. The third kappa shape index (κ3) is 2.47. The number of hydrogen-bond donors (Lipinski definition) is 0. The van der Waals surface area contributed by atoms with Crippen molar-refractivity contribution >= 4 is 22.4 Å². The van der Waals surface area contributed by atoms with E-state index in [9.17, 15) is 4.39 Å². The van der Waals surface area contributed by atoms with Gasteiger partial charge in [0, 0.05) is 10.9 Å². The Morgan fingerprint density at radius 3 is 2.55 bits per heavy atom. The Morgan fingerprint density at radius 1 is 0.900 bits per heavy atom. The first-order valence-corrected chi connectivity index (χ1v) is 6.67. The summed E-state index contributed by atoms with van der Waals surface area (Å²) in [6.07, 6.45) is 0. The standard InChI is InChI=1S/C17H12ClFO/c18-15-9-3-7-13(17(15)19)11-20-16-10-4-6-12-5-1-2-8-14(12)16/h1-10H,11H2. The maximum Gasteiger partial charge on any atom is 0.148 e. The molecule has 1 nitrogen and oxygen atoms in total. The summed E-state index contributed by atoms with van der Waals surface area (Å²) < 4.78 is 19.5. The van der Waals surface area contributed by atoms with Gasteiger partial charge >= 0.3 is 0 Å². The van der Waals surface area contributed by atoms with Gasteiger partial charge in [-0.2, -0.15) is 0 Å². The summed E-state index contributed by atoms with van der Waals surface area (Å²) in [7, 11) is 0. The van der Waals surface area contributed by atoms with Crippen LogP contribution in [0.15, 0.2) is 60.7 Å². The monoisotopic (exact) mass is 286 g/mol. The fourth-order valence-electron chi connectivity index (χ4n) is 2.14. The third-order valence-corrected chi connectivity index (χ3v) is 3.46. The molecule has 0 aliphatic rings. The van der Waals surface area contributed by atoms with Crippen LogP contribution in [0.5, 0.6) is 5.75 Å². The molecule has 0 N–H and O–H groups in total. The van der Waals surface area contributed by atoms with Crippen molar-refractivity contribution in [3.63, 3.8) is 0 Å². The van der Waals surface area contributed by atoms with Gasteiger partial charge in [0.25, 0.3) is 0 Å². The molecule has 0 radical (unpaired) electrons. The SMILES string of the molecule is Fc1c(Cl)cccc1COc1cccc2ccccc12. The lowest BCUT2D eigenvalue weighted by Crippen LogP contribution is -1.99. The number of halogens is 2. The van der Waals surface area contributed by atoms with Crippen LogP contribution in [0, 0.1) is 5.82 Å². The van der Waals surface area contributed by atoms with Crippen LogP contribution in [0.25, 0.3) is 10.8 Å². The highest BCUT2D eigenvalue weighted by atomic mass is 35.5. The Balaban J connectivity index is 1.89. The minimum Gasteiger partial charge on any atom is -0.488 e. The highest BCUT2D eigenvalue weighted by Crippen LogP contribution is 2.26. The number of benzene rings is 3. The minimum absolute atomic E-state index is 0.115. The van der Waals surface area contributed by atoms with Crippen molar-refractivity contribution in [2.45, 2.75) is 6.61 Å². The fraction of sp³-hybridized carbons (Fsp3) is 0.0588. The van der Waals surface area contributed by atoms with Gasteiger partial charge in [-0.15, -0.1) is 0 Å². The highest BCUT2D eigenvalue weighted by Gasteiger charge is 2.08. The summed E-state index contributed by atoms with van der Waals surface area (Å²) >= 11 is 5.76. The topological polar surface area (TPSA) is 9.23 Å². The molecule has 0 saturated heterocycles. The van der Waals surface area contributed by atoms with E-state index in [2.05, 4.69) is 0 Å². The quantitative estimate of drug-likeness (QED) is 0.642. The van der Waals surface area contributed by atoms with Crippen LogP contribution in [0.3, 0.4) is 0 Å². The lowest BCUT2D eigenvalue weighted by molar-refractivity contribution is 0.303. The molecule has 3 rings (SSSR count). The van der Waals surface area contributed by atoms with Gasteiger partial charge in [-0.25, -0.2) is 4.39 Å². The van der Waals surface area contributed by atoms with Crippen molar-refractivity contribution in [3.8, 4) is 5.75 Å². The zero-order valence-electron chi connectivity index (χ0n) is 10.6. The van der Waals surface area contributed by atoms with E-state index in [1.54, 1.807) is 12.1 Å². The lowest BCUT2D eigenvalue weighted by atomic mass is 10.1. The number of ether oxygens (including phenoxy) is 1. The average Bonchev–Trinajstić information content (AvgIpc) is 2.49. The first-order chi connectivity index (χ1) is 9.75. The van der Waals surface area contributed by atoms with Gasteiger partial charge in [-0.3, -0.25) is 0 Å². The van der Waals surface area contributed by atoms with E-state index in [4.69, 9.17) is 16.3 Å². The first-order valence-electron chi connectivity index (χ1n) is 6.29. The van der Waals surface area contributed by atoms with Crippen LogP contribution in [-0.4, -0.2) is 0 Å². The molecule has 0 heterocycles. The summed E-state index contributed by atoms with van der Waals surface area (Å²) in [4.78, 5) is 0. The second-order valence-corrected chi connectivity index (χ2v) is 4.89. The maximum atomic E-state index is 13.8. The zero-order valence-corrected chi connectivity index (χ0v) is 11.4. The minimum atomic E-state index is -0.422. The molecule has 0 spiro atoms. The van der Waals surface area contributed by atoms with Gasteiger partial charge in [0.2, 0.25) is 0 Å². The third-order valence-electron chi connectivity index (χ3n) is 3.16. The van der Waals surface area contributed by atoms with Crippen LogP contribution >= 0.6 is 11.6 Å². The number of fused-ring (bicyclic) bond motifs is 1. The Bertz CT molecular complexity index is 750. The highest BCUT2D eigenvalue weighted by molar-refractivity contribution is 6.30. The Labute approximate surface area is 121 Å². The van der Waals surface area contributed by atoms with Gasteiger partial charge in [-0.1, -0.05) is 60.1 Å². The normalized spacial score (nSPS) is 10.7. The Hall–Kier alpha value is -2.06. The molecule has 0 fully saturated rings. The number of rotatable bonds is 3. The molecule has 0 atom stereocenters. The molecule has 0 aliphatic heterocycles. The van der Waals surface area contributed by atoms with E-state index >= 15 is 0 Å². The van der Waals surface area contributed by atoms with E-state index < -0.39 is 5.82 Å². The molecule has 20 heavy (non-hydrogen) atoms. The van der Waals surface area contributed by atoms with E-state index in [1.807, 2.05) is 42.5 Å². The summed E-state index contributed by atoms with van der Waals surface area (Å²) in [5.74, 6) is 0.317. The largest absolute Gasteiger partial charge is 0.488 e. The van der Waals surface area contributed by atoms with Crippen LogP contribution in [-0.2, 0) is 6.61 Å². The first kappa shape index (κ1) is 12.9. The summed E-state index contributed by atoms with van der Waals surface area (Å²) in [6, 6.07) is 18.7. The molecule has 0 aromatic heterocycles. The van der Waals surface area contributed by atoms with Crippen LogP contribution in [0.2, 0.25) is 5.02 Å². The number of hydrogen-bond acceptors (Lipinski definition) is 1. The predicted octanol–water partition coefficient (Wildman–Crippen LogP) is 5.21. The van der Waals surface area contributed by atoms with Crippen molar-refractivity contribution in [3.05, 3.63) is 77.1 Å². The Morgan fingerprint density at radius 2 is 1.65 bits per heavy atom. The second kappa shape index (κ2) is 5.51. The molecular weight excluding hydrogens is 275 g/mol. The van der Waals surface area contributed by atoms with Crippen molar-refractivity contribution in [2.24, 2.45) is 0 Å². The molecule has 100 valence electrons. The van der Waals surface area contributed by atoms with Crippen molar-refractivity contribution < 1.29 is 9.13 Å². The summed E-state index contributed by atoms with van der Waals surface area (Å²) in [5, 5.41) is 2.22. The lowest BCUT2D eigenvalue weighted by Gasteiger charge is -2.10. The van der Waals surface area contributed by atoms with Crippen LogP contribution in [0.4, 0.5) is 4.39 Å². The Kier molecular flexibility index (Phi) is 3.57. The van der Waals surface area contributed by atoms with Crippen LogP contribution < -0.4 is 4.74 Å². The van der Waals surface area contributed by atoms with Gasteiger partial charge in [0.05, 0.1) is 5.02 Å². The molecule has 3 aromatic carbocycles. The fourth-order valence-corrected chi connectivity index (χ4v) is 2.33. The summed E-state index contributed by atoms with van der Waals surface area (Å²) in [5.41, 5.74) is 0.449. The molecule has 0 aliphatic carbocycles. The zero-order chi connectivity index (χ0) is 13.9. The van der Waals surface area contributed by atoms with Crippen molar-refractivity contribution in [1.29, 1.82) is 0 Å². The van der Waals surface area contributed by atoms with E-state index in [1.165, 1.54) is 6.07 Å². The van der Waals surface area contributed by atoms with Crippen molar-refractivity contribution in [1.82, 2.24) is 0 Å². The molecule has 0 bridgehead atoms. The summed E-state index contributed by atoms with van der Waals surface area (Å²) in [6.45, 7) is 0.153. The van der Waals surface area contributed by atoms with E-state index in [-0.39, 0.29) is 11.6 Å². The molecule has 0 unspecified atom stereocenters. The van der Waals surface area contributed by atoms with E-state index in [0.717, 1.165) is 16.5 Å². The second-order valence-electron chi connectivity index (χ2n) is 4.48. The molecule has 3 aromatic rings.